The molecule has 1 amide bonds. The second-order valence-corrected chi connectivity index (χ2v) is 3.96. The minimum Gasteiger partial charge on any atom is -0.352 e. The van der Waals surface area contributed by atoms with Gasteiger partial charge in [0, 0.05) is 12.1 Å². The fourth-order valence-corrected chi connectivity index (χ4v) is 1.82. The predicted molar refractivity (Wildman–Crippen MR) is 61.2 cm³/mol. The van der Waals surface area contributed by atoms with Crippen LogP contribution in [0.4, 0.5) is 0 Å². The maximum Gasteiger partial charge on any atom is 0.247 e. The second kappa shape index (κ2) is 4.30. The molecule has 1 aromatic rings. The molecule has 2 nitrogen and oxygen atoms in total. The summed E-state index contributed by atoms with van der Waals surface area (Å²) in [6.45, 7) is 2.90. The lowest BCUT2D eigenvalue weighted by molar-refractivity contribution is -0.118. The molecule has 0 aromatic heterocycles. The van der Waals surface area contributed by atoms with Gasteiger partial charge in [0.1, 0.15) is 0 Å². The van der Waals surface area contributed by atoms with Gasteiger partial charge in [-0.05, 0) is 24.0 Å². The summed E-state index contributed by atoms with van der Waals surface area (Å²) < 4.78 is 0. The first-order valence-corrected chi connectivity index (χ1v) is 5.32. The highest BCUT2D eigenvalue weighted by Gasteiger charge is 2.21. The van der Waals surface area contributed by atoms with Gasteiger partial charge in [-0.1, -0.05) is 37.3 Å². The molecular weight excluding hydrogens is 186 g/mol. The average molecular weight is 201 g/mol. The maximum absolute atomic E-state index is 11.6. The molecule has 78 valence electrons. The zero-order chi connectivity index (χ0) is 10.7. The molecule has 15 heavy (non-hydrogen) atoms. The number of amides is 1. The summed E-state index contributed by atoms with van der Waals surface area (Å²) in [4.78, 5) is 11.6. The van der Waals surface area contributed by atoms with Crippen LogP contribution in [0.15, 0.2) is 35.9 Å². The third-order valence-corrected chi connectivity index (χ3v) is 2.78. The van der Waals surface area contributed by atoms with E-state index in [0.717, 1.165) is 24.1 Å². The predicted octanol–water partition coefficient (Wildman–Crippen LogP) is 2.23. The molecule has 0 aliphatic carbocycles. The van der Waals surface area contributed by atoms with Crippen molar-refractivity contribution in [3.63, 3.8) is 0 Å². The molecule has 0 spiro atoms. The quantitative estimate of drug-likeness (QED) is 0.693. The van der Waals surface area contributed by atoms with Crippen LogP contribution in [0.3, 0.4) is 0 Å². The van der Waals surface area contributed by atoms with Crippen molar-refractivity contribution >= 4 is 12.0 Å². The van der Waals surface area contributed by atoms with Gasteiger partial charge in [-0.3, -0.25) is 4.79 Å². The van der Waals surface area contributed by atoms with Crippen molar-refractivity contribution in [3.05, 3.63) is 41.5 Å². The van der Waals surface area contributed by atoms with Gasteiger partial charge >= 0.3 is 0 Å². The summed E-state index contributed by atoms with van der Waals surface area (Å²) in [6.07, 6.45) is 3.02. The van der Waals surface area contributed by atoms with Crippen molar-refractivity contribution in [1.29, 1.82) is 0 Å². The summed E-state index contributed by atoms with van der Waals surface area (Å²) >= 11 is 0. The molecule has 1 saturated heterocycles. The first-order valence-electron chi connectivity index (χ1n) is 5.32. The zero-order valence-corrected chi connectivity index (χ0v) is 8.86. The number of carbonyl (C=O) groups is 1. The van der Waals surface area contributed by atoms with Gasteiger partial charge in [-0.2, -0.15) is 0 Å². The van der Waals surface area contributed by atoms with Crippen LogP contribution < -0.4 is 5.32 Å². The Morgan fingerprint density at radius 1 is 1.33 bits per heavy atom. The van der Waals surface area contributed by atoms with E-state index in [9.17, 15) is 4.79 Å². The lowest BCUT2D eigenvalue weighted by Gasteiger charge is -2.21. The molecule has 0 radical (unpaired) electrons. The second-order valence-electron chi connectivity index (χ2n) is 3.96. The van der Waals surface area contributed by atoms with Crippen molar-refractivity contribution in [2.24, 2.45) is 5.92 Å². The Balaban J connectivity index is 2.28. The van der Waals surface area contributed by atoms with E-state index in [4.69, 9.17) is 0 Å². The number of nitrogens with one attached hydrogen (secondary N) is 1. The summed E-state index contributed by atoms with van der Waals surface area (Å²) in [5.74, 6) is 0.441. The van der Waals surface area contributed by atoms with E-state index in [0.29, 0.717) is 5.92 Å². The SMILES string of the molecule is CC1CCNC(=O)C1=Cc1ccccc1. The van der Waals surface area contributed by atoms with Crippen LogP contribution in [0.5, 0.6) is 0 Å². The molecular formula is C13H15NO. The first kappa shape index (κ1) is 9.97. The third kappa shape index (κ3) is 2.27. The van der Waals surface area contributed by atoms with Crippen LogP contribution in [0.1, 0.15) is 18.9 Å². The lowest BCUT2D eigenvalue weighted by atomic mass is 9.92. The highest BCUT2D eigenvalue weighted by molar-refractivity contribution is 5.98. The molecule has 1 unspecified atom stereocenters. The average Bonchev–Trinajstić information content (AvgIpc) is 2.25. The summed E-state index contributed by atoms with van der Waals surface area (Å²) in [5.41, 5.74) is 1.99. The van der Waals surface area contributed by atoms with E-state index >= 15 is 0 Å². The number of rotatable bonds is 1. The molecule has 1 aromatic carbocycles. The highest BCUT2D eigenvalue weighted by atomic mass is 16.1. The Kier molecular flexibility index (Phi) is 2.86. The van der Waals surface area contributed by atoms with Gasteiger partial charge in [0.25, 0.3) is 0 Å². The molecule has 1 atom stereocenters. The molecule has 1 aliphatic rings. The Morgan fingerprint density at radius 3 is 2.73 bits per heavy atom. The van der Waals surface area contributed by atoms with E-state index in [2.05, 4.69) is 12.2 Å². The van der Waals surface area contributed by atoms with Crippen LogP contribution in [-0.2, 0) is 4.79 Å². The van der Waals surface area contributed by atoms with Gasteiger partial charge in [0.05, 0.1) is 0 Å². The van der Waals surface area contributed by atoms with Crippen molar-refractivity contribution in [1.82, 2.24) is 5.32 Å². The molecule has 2 heteroatoms. The van der Waals surface area contributed by atoms with Gasteiger partial charge < -0.3 is 5.32 Å². The van der Waals surface area contributed by atoms with E-state index < -0.39 is 0 Å². The number of carbonyl (C=O) groups excluding carboxylic acids is 1. The first-order chi connectivity index (χ1) is 7.27. The van der Waals surface area contributed by atoms with Crippen LogP contribution in [0.25, 0.3) is 6.08 Å². The lowest BCUT2D eigenvalue weighted by Crippen LogP contribution is -2.34. The zero-order valence-electron chi connectivity index (χ0n) is 8.86. The molecule has 1 fully saturated rings. The van der Waals surface area contributed by atoms with Crippen molar-refractivity contribution in [2.75, 3.05) is 6.54 Å². The van der Waals surface area contributed by atoms with Gasteiger partial charge in [0.15, 0.2) is 0 Å². The number of hydrogen-bond acceptors (Lipinski definition) is 1. The van der Waals surface area contributed by atoms with Gasteiger partial charge in [0.2, 0.25) is 5.91 Å². The molecule has 1 N–H and O–H groups in total. The minimum absolute atomic E-state index is 0.0811. The molecule has 2 rings (SSSR count). The van der Waals surface area contributed by atoms with Crippen molar-refractivity contribution in [3.8, 4) is 0 Å². The summed E-state index contributed by atoms with van der Waals surface area (Å²) in [6, 6.07) is 9.98. The topological polar surface area (TPSA) is 29.1 Å². The third-order valence-electron chi connectivity index (χ3n) is 2.78. The molecule has 1 aliphatic heterocycles. The fourth-order valence-electron chi connectivity index (χ4n) is 1.82. The standard InChI is InChI=1S/C13H15NO/c1-10-7-8-14-13(15)12(10)9-11-5-3-2-4-6-11/h2-6,9-10H,7-8H2,1H3,(H,14,15). The van der Waals surface area contributed by atoms with E-state index in [1.165, 1.54) is 0 Å². The maximum atomic E-state index is 11.6. The van der Waals surface area contributed by atoms with Crippen LogP contribution >= 0.6 is 0 Å². The Hall–Kier alpha value is -1.57. The van der Waals surface area contributed by atoms with Crippen LogP contribution in [-0.4, -0.2) is 12.5 Å². The minimum atomic E-state index is 0.0811. The summed E-state index contributed by atoms with van der Waals surface area (Å²) in [7, 11) is 0. The molecule has 1 heterocycles. The number of benzene rings is 1. The normalized spacial score (nSPS) is 23.9. The summed E-state index contributed by atoms with van der Waals surface area (Å²) in [5, 5.41) is 2.88. The smallest absolute Gasteiger partial charge is 0.247 e. The molecule has 0 saturated carbocycles. The van der Waals surface area contributed by atoms with Crippen molar-refractivity contribution < 1.29 is 4.79 Å². The Labute approximate surface area is 90.0 Å². The van der Waals surface area contributed by atoms with Gasteiger partial charge in [-0.15, -0.1) is 0 Å². The van der Waals surface area contributed by atoms with Crippen LogP contribution in [0, 0.1) is 5.92 Å². The van der Waals surface area contributed by atoms with E-state index in [1.54, 1.807) is 0 Å². The number of piperidine rings is 1. The monoisotopic (exact) mass is 201 g/mol. The Bertz CT molecular complexity index is 381. The number of hydrogen-bond donors (Lipinski definition) is 1. The van der Waals surface area contributed by atoms with Gasteiger partial charge in [-0.25, -0.2) is 0 Å². The fraction of sp³-hybridized carbons (Fsp3) is 0.308. The largest absolute Gasteiger partial charge is 0.352 e. The molecule has 0 bridgehead atoms. The highest BCUT2D eigenvalue weighted by Crippen LogP contribution is 2.21. The Morgan fingerprint density at radius 2 is 2.07 bits per heavy atom. The van der Waals surface area contributed by atoms with E-state index in [1.807, 2.05) is 36.4 Å². The van der Waals surface area contributed by atoms with Crippen LogP contribution in [0.2, 0.25) is 0 Å². The van der Waals surface area contributed by atoms with E-state index in [-0.39, 0.29) is 5.91 Å². The van der Waals surface area contributed by atoms with Crippen molar-refractivity contribution in [2.45, 2.75) is 13.3 Å².